The Morgan fingerprint density at radius 3 is 1.46 bits per heavy atom. The van der Waals surface area contributed by atoms with Crippen LogP contribution in [0.5, 0.6) is 0 Å². The minimum Gasteiger partial charge on any atom is -0.455 e. The van der Waals surface area contributed by atoms with E-state index in [-0.39, 0.29) is 0 Å². The number of rotatable bonds is 4. The van der Waals surface area contributed by atoms with Gasteiger partial charge in [0.05, 0.1) is 16.8 Å². The molecule has 2 nitrogen and oxygen atoms in total. The fourth-order valence-electron chi connectivity index (χ4n) is 11.6. The van der Waals surface area contributed by atoms with Gasteiger partial charge in [0, 0.05) is 33.2 Å². The molecule has 0 atom stereocenters. The van der Waals surface area contributed by atoms with Crippen molar-refractivity contribution in [1.29, 1.82) is 0 Å². The molecule has 1 spiro atoms. The second kappa shape index (κ2) is 12.9. The van der Waals surface area contributed by atoms with E-state index in [2.05, 4.69) is 229 Å². The van der Waals surface area contributed by atoms with Crippen LogP contribution in [0.25, 0.3) is 87.6 Å². The summed E-state index contributed by atoms with van der Waals surface area (Å²) in [5, 5.41) is 9.75. The quantitative estimate of drug-likeness (QED) is 0.165. The molecule has 0 aliphatic heterocycles. The van der Waals surface area contributed by atoms with Crippen molar-refractivity contribution in [3.05, 3.63) is 247 Å². The molecular formula is C61H37NO. The molecule has 0 saturated carbocycles. The molecule has 0 bridgehead atoms. The Balaban J connectivity index is 1.11. The normalized spacial score (nSPS) is 13.2. The molecular weight excluding hydrogens is 763 g/mol. The zero-order valence-corrected chi connectivity index (χ0v) is 34.2. The van der Waals surface area contributed by atoms with E-state index >= 15 is 0 Å². The highest BCUT2D eigenvalue weighted by Gasteiger charge is 2.52. The van der Waals surface area contributed by atoms with Gasteiger partial charge in [0.2, 0.25) is 0 Å². The number of nitrogens with zero attached hydrogens (tertiary/aromatic N) is 1. The average molecular weight is 800 g/mol. The van der Waals surface area contributed by atoms with Crippen LogP contribution in [0.4, 0.5) is 17.1 Å². The molecule has 12 aromatic rings. The molecule has 0 fully saturated rings. The second-order valence-corrected chi connectivity index (χ2v) is 17.0. The van der Waals surface area contributed by atoms with Crippen molar-refractivity contribution in [2.24, 2.45) is 0 Å². The van der Waals surface area contributed by atoms with Gasteiger partial charge in [0.25, 0.3) is 0 Å². The summed E-state index contributed by atoms with van der Waals surface area (Å²) in [6.07, 6.45) is 0. The predicted octanol–water partition coefficient (Wildman–Crippen LogP) is 16.5. The minimum absolute atomic E-state index is 0.474. The van der Waals surface area contributed by atoms with Gasteiger partial charge >= 0.3 is 0 Å². The molecule has 0 N–H and O–H groups in total. The molecule has 0 saturated heterocycles. The van der Waals surface area contributed by atoms with Crippen LogP contribution in [-0.2, 0) is 5.41 Å². The van der Waals surface area contributed by atoms with E-state index in [1.54, 1.807) is 0 Å². The van der Waals surface area contributed by atoms with Crippen LogP contribution in [0.2, 0.25) is 0 Å². The summed E-state index contributed by atoms with van der Waals surface area (Å²) in [5.41, 5.74) is 17.2. The Hall–Kier alpha value is -8.20. The third-order valence-corrected chi connectivity index (χ3v) is 14.1. The van der Waals surface area contributed by atoms with Gasteiger partial charge < -0.3 is 9.32 Å². The van der Waals surface area contributed by atoms with Crippen LogP contribution in [0.3, 0.4) is 0 Å². The third kappa shape index (κ3) is 4.57. The zero-order chi connectivity index (χ0) is 41.2. The molecule has 2 aliphatic carbocycles. The molecule has 11 aromatic carbocycles. The van der Waals surface area contributed by atoms with E-state index in [4.69, 9.17) is 4.42 Å². The van der Waals surface area contributed by atoms with Crippen LogP contribution in [0.1, 0.15) is 22.3 Å². The van der Waals surface area contributed by atoms with Crippen molar-refractivity contribution in [2.75, 3.05) is 4.90 Å². The first-order valence-corrected chi connectivity index (χ1v) is 21.8. The van der Waals surface area contributed by atoms with Crippen LogP contribution in [-0.4, -0.2) is 0 Å². The largest absolute Gasteiger partial charge is 0.455 e. The molecule has 63 heavy (non-hydrogen) atoms. The van der Waals surface area contributed by atoms with Gasteiger partial charge in [-0.1, -0.05) is 194 Å². The minimum atomic E-state index is -0.474. The van der Waals surface area contributed by atoms with Gasteiger partial charge in [0.1, 0.15) is 11.2 Å². The number of hydrogen-bond acceptors (Lipinski definition) is 2. The van der Waals surface area contributed by atoms with Crippen molar-refractivity contribution >= 4 is 71.3 Å². The monoisotopic (exact) mass is 799 g/mol. The highest BCUT2D eigenvalue weighted by Crippen LogP contribution is 2.65. The Kier molecular flexibility index (Phi) is 7.07. The van der Waals surface area contributed by atoms with E-state index in [9.17, 15) is 0 Å². The standard InChI is InChI=1S/C61H37NO/c1-2-19-41-39(17-1)40-18-3-4-20-42(40)51-37-38(35-36-43(41)51)62(56-32-13-8-23-46(56)48-26-15-27-49-47-24-9-14-34-58(47)63-60(48)49)57-33-16-31-55-59(57)50-25-7-12-30-54(50)61(55)52-28-10-5-21-44(52)45-22-6-11-29-53(45)61/h1-37H. The lowest BCUT2D eigenvalue weighted by Gasteiger charge is -2.32. The summed E-state index contributed by atoms with van der Waals surface area (Å²) in [6.45, 7) is 0. The van der Waals surface area contributed by atoms with E-state index in [1.165, 1.54) is 76.8 Å². The lowest BCUT2D eigenvalue weighted by Crippen LogP contribution is -2.26. The Bertz CT molecular complexity index is 3810. The molecule has 14 rings (SSSR count). The van der Waals surface area contributed by atoms with E-state index < -0.39 is 5.41 Å². The lowest BCUT2D eigenvalue weighted by molar-refractivity contribution is 0.670. The van der Waals surface area contributed by atoms with Crippen molar-refractivity contribution in [2.45, 2.75) is 5.41 Å². The summed E-state index contributed by atoms with van der Waals surface area (Å²) in [6, 6.07) is 82.9. The molecule has 0 amide bonds. The SMILES string of the molecule is c1ccc(N(c2ccc3c4ccccc4c4ccccc4c3c2)c2cccc3c2-c2ccccc2C32c3ccccc3-c3ccccc32)c(-c2cccc3c2oc2ccccc23)c1. The van der Waals surface area contributed by atoms with Crippen LogP contribution in [0.15, 0.2) is 229 Å². The van der Waals surface area contributed by atoms with Crippen molar-refractivity contribution in [3.63, 3.8) is 0 Å². The summed E-state index contributed by atoms with van der Waals surface area (Å²) in [5.74, 6) is 0. The van der Waals surface area contributed by atoms with Crippen molar-refractivity contribution < 1.29 is 4.42 Å². The summed E-state index contributed by atoms with van der Waals surface area (Å²) in [4.78, 5) is 2.53. The first kappa shape index (κ1) is 34.5. The van der Waals surface area contributed by atoms with Gasteiger partial charge in [-0.3, -0.25) is 0 Å². The number of fused-ring (bicyclic) bond motifs is 19. The highest BCUT2D eigenvalue weighted by atomic mass is 16.3. The molecule has 2 aliphatic rings. The van der Waals surface area contributed by atoms with E-state index in [0.29, 0.717) is 0 Å². The van der Waals surface area contributed by atoms with Crippen LogP contribution in [0, 0.1) is 0 Å². The molecule has 292 valence electrons. The number of furan rings is 1. The second-order valence-electron chi connectivity index (χ2n) is 17.0. The number of benzene rings is 11. The Morgan fingerprint density at radius 2 is 0.762 bits per heavy atom. The van der Waals surface area contributed by atoms with Crippen LogP contribution >= 0.6 is 0 Å². The van der Waals surface area contributed by atoms with Crippen molar-refractivity contribution in [3.8, 4) is 33.4 Å². The fourth-order valence-corrected chi connectivity index (χ4v) is 11.6. The maximum absolute atomic E-state index is 6.76. The molecule has 1 aromatic heterocycles. The summed E-state index contributed by atoms with van der Waals surface area (Å²) < 4.78 is 6.76. The van der Waals surface area contributed by atoms with Gasteiger partial charge in [0.15, 0.2) is 0 Å². The maximum atomic E-state index is 6.76. The smallest absolute Gasteiger partial charge is 0.143 e. The molecule has 0 unspecified atom stereocenters. The highest BCUT2D eigenvalue weighted by molar-refractivity contribution is 6.26. The number of hydrogen-bond donors (Lipinski definition) is 0. The lowest BCUT2D eigenvalue weighted by atomic mass is 9.70. The third-order valence-electron chi connectivity index (χ3n) is 14.1. The Morgan fingerprint density at radius 1 is 0.302 bits per heavy atom. The fraction of sp³-hybridized carbons (Fsp3) is 0.0164. The van der Waals surface area contributed by atoms with Gasteiger partial charge in [-0.2, -0.15) is 0 Å². The first-order chi connectivity index (χ1) is 31.3. The van der Waals surface area contributed by atoms with Crippen molar-refractivity contribution in [1.82, 2.24) is 0 Å². The predicted molar refractivity (Wildman–Crippen MR) is 263 cm³/mol. The molecule has 1 heterocycles. The topological polar surface area (TPSA) is 16.4 Å². The Labute approximate surface area is 364 Å². The zero-order valence-electron chi connectivity index (χ0n) is 34.2. The maximum Gasteiger partial charge on any atom is 0.143 e. The van der Waals surface area contributed by atoms with Gasteiger partial charge in [-0.05, 0) is 102 Å². The van der Waals surface area contributed by atoms with Gasteiger partial charge in [-0.15, -0.1) is 0 Å². The molecule has 0 radical (unpaired) electrons. The van der Waals surface area contributed by atoms with Gasteiger partial charge in [-0.25, -0.2) is 0 Å². The van der Waals surface area contributed by atoms with E-state index in [0.717, 1.165) is 50.1 Å². The average Bonchev–Trinajstić information content (AvgIpc) is 3.99. The first-order valence-electron chi connectivity index (χ1n) is 21.8. The molecule has 2 heteroatoms. The van der Waals surface area contributed by atoms with E-state index in [1.807, 2.05) is 0 Å². The number of anilines is 3. The number of para-hydroxylation sites is 3. The summed E-state index contributed by atoms with van der Waals surface area (Å²) in [7, 11) is 0. The summed E-state index contributed by atoms with van der Waals surface area (Å²) >= 11 is 0. The van der Waals surface area contributed by atoms with Crippen LogP contribution < -0.4 is 4.90 Å².